The van der Waals surface area contributed by atoms with Crippen LogP contribution in [0, 0.1) is 0 Å². The SMILES string of the molecule is C=CC(=O)Nc1csc(C(=O)Nc2nc3cccc(Cl)c3n2CCN2CCOCC2)c1. The summed E-state index contributed by atoms with van der Waals surface area (Å²) in [6.45, 7) is 8.02. The number of fused-ring (bicyclic) bond motifs is 1. The van der Waals surface area contributed by atoms with Gasteiger partial charge in [-0.05, 0) is 24.3 Å². The highest BCUT2D eigenvalue weighted by Crippen LogP contribution is 2.28. The number of carbonyl (C=O) groups is 2. The van der Waals surface area contributed by atoms with E-state index in [1.54, 1.807) is 11.4 Å². The number of para-hydroxylation sites is 1. The second kappa shape index (κ2) is 9.61. The van der Waals surface area contributed by atoms with Gasteiger partial charge in [-0.2, -0.15) is 0 Å². The molecule has 0 saturated carbocycles. The summed E-state index contributed by atoms with van der Waals surface area (Å²) in [6, 6.07) is 7.14. The van der Waals surface area contributed by atoms with Gasteiger partial charge in [0, 0.05) is 31.6 Å². The Morgan fingerprint density at radius 3 is 2.84 bits per heavy atom. The van der Waals surface area contributed by atoms with Crippen LogP contribution in [0.25, 0.3) is 11.0 Å². The Kier molecular flexibility index (Phi) is 6.67. The van der Waals surface area contributed by atoms with E-state index < -0.39 is 0 Å². The van der Waals surface area contributed by atoms with Gasteiger partial charge in [-0.15, -0.1) is 11.3 Å². The van der Waals surface area contributed by atoms with Crippen molar-refractivity contribution in [3.8, 4) is 0 Å². The summed E-state index contributed by atoms with van der Waals surface area (Å²) in [5, 5.41) is 7.83. The summed E-state index contributed by atoms with van der Waals surface area (Å²) in [7, 11) is 0. The van der Waals surface area contributed by atoms with Crippen LogP contribution in [0.15, 0.2) is 42.3 Å². The average molecular weight is 460 g/mol. The molecule has 0 bridgehead atoms. The fourth-order valence-corrected chi connectivity index (χ4v) is 4.40. The van der Waals surface area contributed by atoms with Crippen molar-refractivity contribution in [3.05, 3.63) is 52.2 Å². The second-order valence-electron chi connectivity index (χ2n) is 7.00. The van der Waals surface area contributed by atoms with Gasteiger partial charge in [-0.3, -0.25) is 19.8 Å². The van der Waals surface area contributed by atoms with E-state index in [9.17, 15) is 9.59 Å². The molecule has 1 fully saturated rings. The maximum atomic E-state index is 12.9. The smallest absolute Gasteiger partial charge is 0.268 e. The molecule has 3 heterocycles. The van der Waals surface area contributed by atoms with Crippen LogP contribution < -0.4 is 10.6 Å². The third-order valence-electron chi connectivity index (χ3n) is 4.96. The molecule has 4 rings (SSSR count). The molecule has 1 aliphatic rings. The molecule has 3 aromatic rings. The summed E-state index contributed by atoms with van der Waals surface area (Å²) in [5.74, 6) is -0.195. The van der Waals surface area contributed by atoms with Gasteiger partial charge in [0.2, 0.25) is 11.9 Å². The highest BCUT2D eigenvalue weighted by Gasteiger charge is 2.19. The number of nitrogens with one attached hydrogen (secondary N) is 2. The number of nitrogens with zero attached hydrogens (tertiary/aromatic N) is 3. The molecule has 0 unspecified atom stereocenters. The molecule has 0 aliphatic carbocycles. The molecule has 0 radical (unpaired) electrons. The molecule has 2 N–H and O–H groups in total. The zero-order chi connectivity index (χ0) is 21.8. The molecular weight excluding hydrogens is 438 g/mol. The maximum Gasteiger partial charge on any atom is 0.268 e. The first-order valence-corrected chi connectivity index (χ1v) is 11.1. The van der Waals surface area contributed by atoms with Crippen molar-refractivity contribution in [2.24, 2.45) is 0 Å². The summed E-state index contributed by atoms with van der Waals surface area (Å²) in [4.78, 5) is 31.7. The van der Waals surface area contributed by atoms with Gasteiger partial charge in [0.15, 0.2) is 0 Å². The van der Waals surface area contributed by atoms with E-state index in [1.807, 2.05) is 22.8 Å². The van der Waals surface area contributed by atoms with Crippen molar-refractivity contribution in [1.29, 1.82) is 0 Å². The van der Waals surface area contributed by atoms with Crippen molar-refractivity contribution in [2.45, 2.75) is 6.54 Å². The Morgan fingerprint density at radius 1 is 1.26 bits per heavy atom. The van der Waals surface area contributed by atoms with E-state index in [1.165, 1.54) is 17.4 Å². The Morgan fingerprint density at radius 2 is 2.06 bits per heavy atom. The zero-order valence-corrected chi connectivity index (χ0v) is 18.3. The summed E-state index contributed by atoms with van der Waals surface area (Å²) in [5.41, 5.74) is 2.05. The number of hydrogen-bond donors (Lipinski definition) is 2. The van der Waals surface area contributed by atoms with Gasteiger partial charge >= 0.3 is 0 Å². The number of aromatic nitrogens is 2. The van der Waals surface area contributed by atoms with Crippen molar-refractivity contribution < 1.29 is 14.3 Å². The van der Waals surface area contributed by atoms with E-state index in [2.05, 4.69) is 27.1 Å². The minimum atomic E-state index is -0.329. The van der Waals surface area contributed by atoms with Crippen LogP contribution >= 0.6 is 22.9 Å². The Balaban J connectivity index is 1.56. The highest BCUT2D eigenvalue weighted by molar-refractivity contribution is 7.12. The number of imidazole rings is 1. The molecule has 1 aliphatic heterocycles. The molecule has 2 amide bonds. The lowest BCUT2D eigenvalue weighted by atomic mass is 10.3. The number of morpholine rings is 1. The normalized spacial score (nSPS) is 14.5. The highest BCUT2D eigenvalue weighted by atomic mass is 35.5. The predicted molar refractivity (Wildman–Crippen MR) is 123 cm³/mol. The lowest BCUT2D eigenvalue weighted by molar-refractivity contribution is -0.111. The number of hydrogen-bond acceptors (Lipinski definition) is 6. The fourth-order valence-electron chi connectivity index (χ4n) is 3.40. The van der Waals surface area contributed by atoms with Crippen molar-refractivity contribution in [3.63, 3.8) is 0 Å². The monoisotopic (exact) mass is 459 g/mol. The summed E-state index contributed by atoms with van der Waals surface area (Å²) < 4.78 is 7.36. The van der Waals surface area contributed by atoms with Crippen LogP contribution in [0.3, 0.4) is 0 Å². The van der Waals surface area contributed by atoms with E-state index in [4.69, 9.17) is 16.3 Å². The molecule has 1 saturated heterocycles. The van der Waals surface area contributed by atoms with E-state index in [0.29, 0.717) is 28.1 Å². The zero-order valence-electron chi connectivity index (χ0n) is 16.8. The van der Waals surface area contributed by atoms with Crippen LogP contribution in [0.1, 0.15) is 9.67 Å². The Hall–Kier alpha value is -2.72. The molecule has 31 heavy (non-hydrogen) atoms. The van der Waals surface area contributed by atoms with Crippen molar-refractivity contribution >= 4 is 57.4 Å². The van der Waals surface area contributed by atoms with E-state index >= 15 is 0 Å². The second-order valence-corrected chi connectivity index (χ2v) is 8.31. The number of amides is 2. The summed E-state index contributed by atoms with van der Waals surface area (Å²) >= 11 is 7.70. The first-order chi connectivity index (χ1) is 15.0. The fraction of sp³-hybridized carbons (Fsp3) is 0.286. The number of anilines is 2. The first-order valence-electron chi connectivity index (χ1n) is 9.83. The van der Waals surface area contributed by atoms with Crippen LogP contribution in [0.5, 0.6) is 0 Å². The molecular formula is C21H22ClN5O3S. The van der Waals surface area contributed by atoms with E-state index in [0.717, 1.165) is 43.9 Å². The number of thiophene rings is 1. The maximum absolute atomic E-state index is 12.9. The minimum absolute atomic E-state index is 0.303. The number of ether oxygens (including phenoxy) is 1. The van der Waals surface area contributed by atoms with Gasteiger partial charge in [0.05, 0.1) is 39.8 Å². The van der Waals surface area contributed by atoms with Gasteiger partial charge in [-0.25, -0.2) is 4.98 Å². The number of halogens is 1. The number of rotatable bonds is 7. The van der Waals surface area contributed by atoms with Crippen LogP contribution in [-0.4, -0.2) is 59.1 Å². The topological polar surface area (TPSA) is 88.5 Å². The third kappa shape index (κ3) is 4.96. The molecule has 162 valence electrons. The Bertz CT molecular complexity index is 1120. The molecule has 10 heteroatoms. The number of benzene rings is 1. The lowest BCUT2D eigenvalue weighted by Gasteiger charge is -2.27. The van der Waals surface area contributed by atoms with Crippen LogP contribution in [0.4, 0.5) is 11.6 Å². The average Bonchev–Trinajstić information content (AvgIpc) is 3.38. The quantitative estimate of drug-likeness (QED) is 0.528. The lowest BCUT2D eigenvalue weighted by Crippen LogP contribution is -2.38. The first kappa shape index (κ1) is 21.5. The van der Waals surface area contributed by atoms with Gasteiger partial charge in [0.25, 0.3) is 5.91 Å². The van der Waals surface area contributed by atoms with Gasteiger partial charge in [-0.1, -0.05) is 24.2 Å². The standard InChI is InChI=1S/C21H22ClN5O3S/c1-2-18(28)23-14-12-17(31-13-14)20(29)25-21-24-16-5-3-4-15(22)19(16)27(21)7-6-26-8-10-30-11-9-26/h2-5,12-13H,1,6-11H2,(H,23,28)(H,24,25,29). The molecule has 1 aromatic carbocycles. The van der Waals surface area contributed by atoms with Crippen molar-refractivity contribution in [1.82, 2.24) is 14.5 Å². The largest absolute Gasteiger partial charge is 0.379 e. The molecule has 2 aromatic heterocycles. The van der Waals surface area contributed by atoms with Crippen molar-refractivity contribution in [2.75, 3.05) is 43.5 Å². The summed E-state index contributed by atoms with van der Waals surface area (Å²) in [6.07, 6.45) is 1.18. The minimum Gasteiger partial charge on any atom is -0.379 e. The van der Waals surface area contributed by atoms with Gasteiger partial charge < -0.3 is 14.6 Å². The molecule has 8 nitrogen and oxygen atoms in total. The number of carbonyl (C=O) groups excluding carboxylic acids is 2. The van der Waals surface area contributed by atoms with E-state index in [-0.39, 0.29) is 11.8 Å². The Labute approximate surface area is 188 Å². The van der Waals surface area contributed by atoms with Crippen LogP contribution in [0.2, 0.25) is 5.02 Å². The third-order valence-corrected chi connectivity index (χ3v) is 6.20. The van der Waals surface area contributed by atoms with Crippen LogP contribution in [-0.2, 0) is 16.1 Å². The molecule has 0 atom stereocenters. The predicted octanol–water partition coefficient (Wildman–Crippen LogP) is 3.46. The molecule has 0 spiro atoms. The van der Waals surface area contributed by atoms with Gasteiger partial charge in [0.1, 0.15) is 0 Å².